The second kappa shape index (κ2) is 7.17. The Morgan fingerprint density at radius 2 is 2.00 bits per heavy atom. The van der Waals surface area contributed by atoms with Gasteiger partial charge in [-0.05, 0) is 38.1 Å². The number of para-hydroxylation sites is 1. The molecule has 3 aromatic rings. The second-order valence-electron chi connectivity index (χ2n) is 5.47. The van der Waals surface area contributed by atoms with Gasteiger partial charge in [0.25, 0.3) is 5.91 Å². The minimum absolute atomic E-state index is 0.182. The van der Waals surface area contributed by atoms with Crippen LogP contribution in [-0.2, 0) is 9.53 Å². The molecule has 0 fully saturated rings. The maximum absolute atomic E-state index is 12.6. The number of ether oxygens (including phenoxy) is 1. The van der Waals surface area contributed by atoms with Crippen LogP contribution < -0.4 is 5.32 Å². The second-order valence-corrected chi connectivity index (χ2v) is 5.47. The number of nitrogens with one attached hydrogen (secondary N) is 1. The number of nitrogens with zero attached hydrogens (tertiary/aromatic N) is 1. The summed E-state index contributed by atoms with van der Waals surface area (Å²) in [7, 11) is 0. The molecule has 6 nitrogen and oxygen atoms in total. The lowest BCUT2D eigenvalue weighted by atomic mass is 10.1. The van der Waals surface area contributed by atoms with Crippen LogP contribution in [0.15, 0.2) is 46.9 Å². The molecule has 0 aliphatic heterocycles. The molecule has 0 saturated heterocycles. The van der Waals surface area contributed by atoms with E-state index in [0.29, 0.717) is 27.9 Å². The van der Waals surface area contributed by atoms with Crippen molar-refractivity contribution in [2.24, 2.45) is 0 Å². The first-order valence-corrected chi connectivity index (χ1v) is 7.99. The third kappa shape index (κ3) is 3.68. The fourth-order valence-corrected chi connectivity index (χ4v) is 2.52. The van der Waals surface area contributed by atoms with E-state index in [1.807, 2.05) is 43.3 Å². The van der Waals surface area contributed by atoms with E-state index in [4.69, 9.17) is 9.15 Å². The predicted octanol–water partition coefficient (Wildman–Crippen LogP) is 3.10. The van der Waals surface area contributed by atoms with Gasteiger partial charge in [0, 0.05) is 5.39 Å². The molecule has 0 unspecified atom stereocenters. The first-order chi connectivity index (χ1) is 12.1. The van der Waals surface area contributed by atoms with Crippen LogP contribution in [-0.4, -0.2) is 30.0 Å². The molecule has 0 spiro atoms. The average Bonchev–Trinajstić information content (AvgIpc) is 3.05. The van der Waals surface area contributed by atoms with Crippen molar-refractivity contribution in [3.8, 4) is 11.5 Å². The molecular formula is C19H18N2O4. The Balaban J connectivity index is 1.97. The van der Waals surface area contributed by atoms with Gasteiger partial charge in [-0.1, -0.05) is 18.2 Å². The maximum atomic E-state index is 12.6. The quantitative estimate of drug-likeness (QED) is 0.723. The zero-order chi connectivity index (χ0) is 17.8. The van der Waals surface area contributed by atoms with Gasteiger partial charge in [-0.25, -0.2) is 4.98 Å². The van der Waals surface area contributed by atoms with Crippen molar-refractivity contribution in [2.75, 3.05) is 13.2 Å². The lowest BCUT2D eigenvalue weighted by molar-refractivity contribution is -0.141. The van der Waals surface area contributed by atoms with Gasteiger partial charge in [-0.2, -0.15) is 0 Å². The summed E-state index contributed by atoms with van der Waals surface area (Å²) in [5.74, 6) is 0.508. The normalized spacial score (nSPS) is 10.6. The SMILES string of the molecule is CCOC(=O)CNC(=O)c1cc(-c2ccc(C)o2)nc2ccccc12. The van der Waals surface area contributed by atoms with Crippen molar-refractivity contribution in [2.45, 2.75) is 13.8 Å². The predicted molar refractivity (Wildman–Crippen MR) is 93.1 cm³/mol. The molecule has 0 aliphatic rings. The van der Waals surface area contributed by atoms with Crippen LogP contribution in [0.25, 0.3) is 22.4 Å². The van der Waals surface area contributed by atoms with Crippen LogP contribution in [0.1, 0.15) is 23.0 Å². The van der Waals surface area contributed by atoms with Gasteiger partial charge < -0.3 is 14.5 Å². The molecule has 0 atom stereocenters. The van der Waals surface area contributed by atoms with Crippen LogP contribution in [0.2, 0.25) is 0 Å². The highest BCUT2D eigenvalue weighted by Crippen LogP contribution is 2.26. The van der Waals surface area contributed by atoms with E-state index >= 15 is 0 Å². The van der Waals surface area contributed by atoms with Crippen molar-refractivity contribution >= 4 is 22.8 Å². The number of amides is 1. The van der Waals surface area contributed by atoms with E-state index in [1.165, 1.54) is 0 Å². The minimum atomic E-state index is -0.476. The Bertz CT molecular complexity index is 930. The Labute approximate surface area is 144 Å². The Kier molecular flexibility index (Phi) is 4.79. The summed E-state index contributed by atoms with van der Waals surface area (Å²) >= 11 is 0. The van der Waals surface area contributed by atoms with Crippen LogP contribution in [0.4, 0.5) is 0 Å². The molecule has 0 aliphatic carbocycles. The maximum Gasteiger partial charge on any atom is 0.325 e. The number of rotatable bonds is 5. The van der Waals surface area contributed by atoms with E-state index in [2.05, 4.69) is 10.3 Å². The number of pyridine rings is 1. The van der Waals surface area contributed by atoms with E-state index in [9.17, 15) is 9.59 Å². The first kappa shape index (κ1) is 16.7. The molecule has 0 radical (unpaired) electrons. The van der Waals surface area contributed by atoms with Crippen molar-refractivity contribution in [1.29, 1.82) is 0 Å². The number of benzene rings is 1. The standard InChI is InChI=1S/C19H18N2O4/c1-3-24-18(22)11-20-19(23)14-10-16(17-9-8-12(2)25-17)21-15-7-5-4-6-13(14)15/h4-10H,3,11H2,1-2H3,(H,20,23). The summed E-state index contributed by atoms with van der Waals surface area (Å²) in [4.78, 5) is 28.6. The third-order valence-electron chi connectivity index (χ3n) is 3.65. The van der Waals surface area contributed by atoms with Gasteiger partial charge in [0.15, 0.2) is 5.76 Å². The van der Waals surface area contributed by atoms with Crippen molar-refractivity contribution in [1.82, 2.24) is 10.3 Å². The van der Waals surface area contributed by atoms with Crippen molar-refractivity contribution in [3.63, 3.8) is 0 Å². The topological polar surface area (TPSA) is 81.4 Å². The number of hydrogen-bond donors (Lipinski definition) is 1. The van der Waals surface area contributed by atoms with Crippen LogP contribution in [0.3, 0.4) is 0 Å². The molecule has 6 heteroatoms. The highest BCUT2D eigenvalue weighted by molar-refractivity contribution is 6.07. The summed E-state index contributed by atoms with van der Waals surface area (Å²) in [6.45, 7) is 3.65. The van der Waals surface area contributed by atoms with Crippen LogP contribution >= 0.6 is 0 Å². The Hall–Kier alpha value is -3.15. The first-order valence-electron chi connectivity index (χ1n) is 7.99. The van der Waals surface area contributed by atoms with E-state index in [0.717, 1.165) is 5.76 Å². The largest absolute Gasteiger partial charge is 0.465 e. The van der Waals surface area contributed by atoms with Crippen molar-refractivity contribution in [3.05, 3.63) is 53.8 Å². The molecule has 1 aromatic carbocycles. The van der Waals surface area contributed by atoms with Gasteiger partial charge in [-0.15, -0.1) is 0 Å². The van der Waals surface area contributed by atoms with Gasteiger partial charge in [-0.3, -0.25) is 9.59 Å². The molecule has 1 N–H and O–H groups in total. The summed E-state index contributed by atoms with van der Waals surface area (Å²) < 4.78 is 10.4. The molecule has 25 heavy (non-hydrogen) atoms. The third-order valence-corrected chi connectivity index (χ3v) is 3.65. The number of carbonyl (C=O) groups excluding carboxylic acids is 2. The van der Waals surface area contributed by atoms with Gasteiger partial charge >= 0.3 is 5.97 Å². The van der Waals surface area contributed by atoms with Crippen LogP contribution in [0, 0.1) is 6.92 Å². The van der Waals surface area contributed by atoms with Crippen molar-refractivity contribution < 1.29 is 18.7 Å². The zero-order valence-corrected chi connectivity index (χ0v) is 14.0. The van der Waals surface area contributed by atoms with Gasteiger partial charge in [0.1, 0.15) is 18.0 Å². The number of esters is 1. The van der Waals surface area contributed by atoms with Crippen LogP contribution in [0.5, 0.6) is 0 Å². The van der Waals surface area contributed by atoms with E-state index < -0.39 is 5.97 Å². The zero-order valence-electron chi connectivity index (χ0n) is 14.0. The smallest absolute Gasteiger partial charge is 0.325 e. The van der Waals surface area contributed by atoms with Gasteiger partial charge in [0.05, 0.1) is 17.7 Å². The molecule has 0 saturated carbocycles. The fourth-order valence-electron chi connectivity index (χ4n) is 2.52. The minimum Gasteiger partial charge on any atom is -0.465 e. The molecular weight excluding hydrogens is 320 g/mol. The molecule has 128 valence electrons. The summed E-state index contributed by atoms with van der Waals surface area (Å²) in [6.07, 6.45) is 0. The van der Waals surface area contributed by atoms with Gasteiger partial charge in [0.2, 0.25) is 0 Å². The molecule has 2 heterocycles. The number of carbonyl (C=O) groups is 2. The number of furan rings is 1. The number of fused-ring (bicyclic) bond motifs is 1. The molecule has 1 amide bonds. The molecule has 3 rings (SSSR count). The summed E-state index contributed by atoms with van der Waals surface area (Å²) in [6, 6.07) is 12.7. The Morgan fingerprint density at radius 3 is 2.72 bits per heavy atom. The monoisotopic (exact) mass is 338 g/mol. The highest BCUT2D eigenvalue weighted by Gasteiger charge is 2.16. The molecule has 2 aromatic heterocycles. The summed E-state index contributed by atoms with van der Waals surface area (Å²) in [5, 5.41) is 3.29. The van der Waals surface area contributed by atoms with E-state index in [1.54, 1.807) is 13.0 Å². The van der Waals surface area contributed by atoms with E-state index in [-0.39, 0.29) is 19.1 Å². The highest BCUT2D eigenvalue weighted by atomic mass is 16.5. The molecule has 0 bridgehead atoms. The number of aromatic nitrogens is 1. The Morgan fingerprint density at radius 1 is 1.20 bits per heavy atom. The average molecular weight is 338 g/mol. The lowest BCUT2D eigenvalue weighted by Crippen LogP contribution is -2.30. The lowest BCUT2D eigenvalue weighted by Gasteiger charge is -2.09. The fraction of sp³-hybridized carbons (Fsp3) is 0.211. The summed E-state index contributed by atoms with van der Waals surface area (Å²) in [5.41, 5.74) is 1.67. The number of hydrogen-bond acceptors (Lipinski definition) is 5. The number of aryl methyl sites for hydroxylation is 1.